The molecular formula is C10H18O2. The molecular weight excluding hydrogens is 152 g/mol. The van der Waals surface area contributed by atoms with Crippen LogP contribution in [0.2, 0.25) is 0 Å². The summed E-state index contributed by atoms with van der Waals surface area (Å²) in [7, 11) is 0. The normalized spacial score (nSPS) is 44.8. The first-order valence-electron chi connectivity index (χ1n) is 4.91. The Kier molecular flexibility index (Phi) is 1.92. The maximum Gasteiger partial charge on any atom is 0.0661 e. The fourth-order valence-electron chi connectivity index (χ4n) is 2.80. The Bertz CT molecular complexity index is 177. The Balaban J connectivity index is 2.06. The molecule has 0 spiro atoms. The van der Waals surface area contributed by atoms with Crippen molar-refractivity contribution in [3.8, 4) is 0 Å². The van der Waals surface area contributed by atoms with Crippen LogP contribution in [-0.4, -0.2) is 23.4 Å². The van der Waals surface area contributed by atoms with E-state index in [1.807, 2.05) is 0 Å². The molecule has 2 aliphatic rings. The van der Waals surface area contributed by atoms with Crippen LogP contribution in [0.15, 0.2) is 0 Å². The minimum Gasteiger partial charge on any atom is -0.396 e. The van der Waals surface area contributed by atoms with E-state index in [-0.39, 0.29) is 5.60 Å². The fourth-order valence-corrected chi connectivity index (χ4v) is 2.80. The SMILES string of the molecule is CC1(C)CC2CCC(CO)C2O1. The summed E-state index contributed by atoms with van der Waals surface area (Å²) in [5.74, 6) is 1.13. The third-order valence-electron chi connectivity index (χ3n) is 3.28. The highest BCUT2D eigenvalue weighted by atomic mass is 16.5. The number of fused-ring (bicyclic) bond motifs is 1. The molecule has 1 aliphatic carbocycles. The van der Waals surface area contributed by atoms with Crippen LogP contribution in [0.5, 0.6) is 0 Å². The molecule has 12 heavy (non-hydrogen) atoms. The Hall–Kier alpha value is -0.0800. The van der Waals surface area contributed by atoms with Gasteiger partial charge in [-0.1, -0.05) is 0 Å². The number of rotatable bonds is 1. The average molecular weight is 170 g/mol. The van der Waals surface area contributed by atoms with Crippen LogP contribution < -0.4 is 0 Å². The van der Waals surface area contributed by atoms with Gasteiger partial charge in [0.15, 0.2) is 0 Å². The summed E-state index contributed by atoms with van der Waals surface area (Å²) >= 11 is 0. The molecule has 0 amide bonds. The zero-order valence-corrected chi connectivity index (χ0v) is 7.92. The third kappa shape index (κ3) is 1.27. The van der Waals surface area contributed by atoms with Gasteiger partial charge in [0, 0.05) is 12.5 Å². The van der Waals surface area contributed by atoms with Gasteiger partial charge in [0.2, 0.25) is 0 Å². The van der Waals surface area contributed by atoms with Crippen LogP contribution in [0.25, 0.3) is 0 Å². The van der Waals surface area contributed by atoms with Gasteiger partial charge in [-0.25, -0.2) is 0 Å². The minimum absolute atomic E-state index is 0.0587. The van der Waals surface area contributed by atoms with Gasteiger partial charge in [0.25, 0.3) is 0 Å². The second kappa shape index (κ2) is 2.71. The van der Waals surface area contributed by atoms with Crippen LogP contribution in [0, 0.1) is 11.8 Å². The van der Waals surface area contributed by atoms with Crippen molar-refractivity contribution in [1.82, 2.24) is 0 Å². The Morgan fingerprint density at radius 1 is 1.42 bits per heavy atom. The second-order valence-corrected chi connectivity index (χ2v) is 4.83. The van der Waals surface area contributed by atoms with Crippen LogP contribution in [-0.2, 0) is 4.74 Å². The number of aliphatic hydroxyl groups excluding tert-OH is 1. The Morgan fingerprint density at radius 2 is 2.17 bits per heavy atom. The standard InChI is InChI=1S/C10H18O2/c1-10(2)5-7-3-4-8(6-11)9(7)12-10/h7-9,11H,3-6H2,1-2H3. The molecule has 2 heteroatoms. The summed E-state index contributed by atoms with van der Waals surface area (Å²) in [4.78, 5) is 0. The third-order valence-corrected chi connectivity index (χ3v) is 3.28. The summed E-state index contributed by atoms with van der Waals surface area (Å²) in [6.07, 6.45) is 3.93. The molecule has 0 aromatic heterocycles. The van der Waals surface area contributed by atoms with Gasteiger partial charge in [-0.15, -0.1) is 0 Å². The van der Waals surface area contributed by atoms with Crippen molar-refractivity contribution in [3.63, 3.8) is 0 Å². The highest BCUT2D eigenvalue weighted by molar-refractivity contribution is 4.95. The maximum absolute atomic E-state index is 9.10. The van der Waals surface area contributed by atoms with Gasteiger partial charge in [0.05, 0.1) is 11.7 Å². The van der Waals surface area contributed by atoms with Crippen molar-refractivity contribution >= 4 is 0 Å². The number of aliphatic hydroxyl groups is 1. The van der Waals surface area contributed by atoms with E-state index in [4.69, 9.17) is 9.84 Å². The molecule has 1 saturated carbocycles. The molecule has 1 saturated heterocycles. The molecule has 0 bridgehead atoms. The zero-order valence-electron chi connectivity index (χ0n) is 7.92. The fraction of sp³-hybridized carbons (Fsp3) is 1.00. The van der Waals surface area contributed by atoms with Gasteiger partial charge in [-0.3, -0.25) is 0 Å². The van der Waals surface area contributed by atoms with E-state index in [1.54, 1.807) is 0 Å². The highest BCUT2D eigenvalue weighted by Crippen LogP contribution is 2.46. The van der Waals surface area contributed by atoms with Crippen molar-refractivity contribution in [2.24, 2.45) is 11.8 Å². The van der Waals surface area contributed by atoms with Gasteiger partial charge < -0.3 is 9.84 Å². The van der Waals surface area contributed by atoms with E-state index in [1.165, 1.54) is 12.8 Å². The summed E-state index contributed by atoms with van der Waals surface area (Å²) in [6, 6.07) is 0. The first kappa shape index (κ1) is 8.52. The summed E-state index contributed by atoms with van der Waals surface area (Å²) in [5.41, 5.74) is 0.0587. The molecule has 1 heterocycles. The molecule has 0 aromatic carbocycles. The molecule has 2 fully saturated rings. The average Bonchev–Trinajstić information content (AvgIpc) is 2.42. The monoisotopic (exact) mass is 170 g/mol. The number of ether oxygens (including phenoxy) is 1. The minimum atomic E-state index is 0.0587. The lowest BCUT2D eigenvalue weighted by Crippen LogP contribution is -2.26. The zero-order chi connectivity index (χ0) is 8.77. The molecule has 2 rings (SSSR count). The summed E-state index contributed by atoms with van der Waals surface area (Å²) in [6.45, 7) is 4.61. The predicted molar refractivity (Wildman–Crippen MR) is 46.9 cm³/mol. The van der Waals surface area contributed by atoms with Gasteiger partial charge in [0.1, 0.15) is 0 Å². The highest BCUT2D eigenvalue weighted by Gasteiger charge is 2.47. The van der Waals surface area contributed by atoms with E-state index in [0.717, 1.165) is 12.3 Å². The molecule has 1 N–H and O–H groups in total. The molecule has 0 radical (unpaired) electrons. The Morgan fingerprint density at radius 3 is 2.83 bits per heavy atom. The van der Waals surface area contributed by atoms with Crippen LogP contribution in [0.1, 0.15) is 33.1 Å². The van der Waals surface area contributed by atoms with Crippen LogP contribution >= 0.6 is 0 Å². The van der Waals surface area contributed by atoms with Crippen molar-refractivity contribution in [2.75, 3.05) is 6.61 Å². The van der Waals surface area contributed by atoms with Gasteiger partial charge in [-0.2, -0.15) is 0 Å². The van der Waals surface area contributed by atoms with E-state index in [2.05, 4.69) is 13.8 Å². The summed E-state index contributed by atoms with van der Waals surface area (Å²) < 4.78 is 5.92. The van der Waals surface area contributed by atoms with E-state index < -0.39 is 0 Å². The van der Waals surface area contributed by atoms with Gasteiger partial charge in [-0.05, 0) is 39.0 Å². The number of hydrogen-bond donors (Lipinski definition) is 1. The predicted octanol–water partition coefficient (Wildman–Crippen LogP) is 1.57. The lowest BCUT2D eigenvalue weighted by molar-refractivity contribution is -0.0471. The summed E-state index contributed by atoms with van der Waals surface area (Å²) in [5, 5.41) is 9.10. The molecule has 0 aromatic rings. The molecule has 2 nitrogen and oxygen atoms in total. The molecule has 3 atom stereocenters. The van der Waals surface area contributed by atoms with E-state index in [0.29, 0.717) is 18.6 Å². The molecule has 1 aliphatic heterocycles. The van der Waals surface area contributed by atoms with Crippen molar-refractivity contribution in [3.05, 3.63) is 0 Å². The first-order chi connectivity index (χ1) is 5.62. The maximum atomic E-state index is 9.10. The molecule has 3 unspecified atom stereocenters. The van der Waals surface area contributed by atoms with E-state index >= 15 is 0 Å². The van der Waals surface area contributed by atoms with Crippen LogP contribution in [0.3, 0.4) is 0 Å². The van der Waals surface area contributed by atoms with E-state index in [9.17, 15) is 0 Å². The lowest BCUT2D eigenvalue weighted by Gasteiger charge is -2.22. The smallest absolute Gasteiger partial charge is 0.0661 e. The van der Waals surface area contributed by atoms with Crippen molar-refractivity contribution in [2.45, 2.75) is 44.8 Å². The molecule has 70 valence electrons. The first-order valence-corrected chi connectivity index (χ1v) is 4.91. The quantitative estimate of drug-likeness (QED) is 0.647. The van der Waals surface area contributed by atoms with Crippen molar-refractivity contribution < 1.29 is 9.84 Å². The Labute approximate surface area is 73.9 Å². The number of hydrogen-bond acceptors (Lipinski definition) is 2. The second-order valence-electron chi connectivity index (χ2n) is 4.83. The topological polar surface area (TPSA) is 29.5 Å². The largest absolute Gasteiger partial charge is 0.396 e. The lowest BCUT2D eigenvalue weighted by atomic mass is 9.95. The van der Waals surface area contributed by atoms with Gasteiger partial charge >= 0.3 is 0 Å². The van der Waals surface area contributed by atoms with Crippen LogP contribution in [0.4, 0.5) is 0 Å². The van der Waals surface area contributed by atoms with Crippen molar-refractivity contribution in [1.29, 1.82) is 0 Å².